The summed E-state index contributed by atoms with van der Waals surface area (Å²) in [6.45, 7) is 8.79. The van der Waals surface area contributed by atoms with Gasteiger partial charge in [0.05, 0.1) is 12.3 Å². The first-order valence-electron chi connectivity index (χ1n) is 7.53. The van der Waals surface area contributed by atoms with Gasteiger partial charge < -0.3 is 4.74 Å². The minimum atomic E-state index is 0.385. The van der Waals surface area contributed by atoms with Crippen molar-refractivity contribution in [3.05, 3.63) is 39.3 Å². The molecule has 0 aromatic carbocycles. The molecule has 0 saturated heterocycles. The van der Waals surface area contributed by atoms with E-state index >= 15 is 0 Å². The highest BCUT2D eigenvalue weighted by Crippen LogP contribution is 2.29. The summed E-state index contributed by atoms with van der Waals surface area (Å²) in [5, 5.41) is 4.64. The SMILES string of the molecule is CCOC[C@H]1CN(Cc2ccc(C)s2)Cc2cn(C)nc21. The quantitative estimate of drug-likeness (QED) is 0.851. The number of nitrogens with zero attached hydrogens (tertiary/aromatic N) is 3. The molecule has 1 atom stereocenters. The lowest BCUT2D eigenvalue weighted by atomic mass is 9.97. The summed E-state index contributed by atoms with van der Waals surface area (Å²) in [5.41, 5.74) is 2.58. The Bertz CT molecular complexity index is 604. The zero-order valence-corrected chi connectivity index (χ0v) is 13.8. The fraction of sp³-hybridized carbons (Fsp3) is 0.562. The summed E-state index contributed by atoms with van der Waals surface area (Å²) in [6, 6.07) is 4.45. The number of aromatic nitrogens is 2. The van der Waals surface area contributed by atoms with Crippen molar-refractivity contribution >= 4 is 11.3 Å². The monoisotopic (exact) mass is 305 g/mol. The van der Waals surface area contributed by atoms with Gasteiger partial charge in [0.2, 0.25) is 0 Å². The minimum Gasteiger partial charge on any atom is -0.381 e. The lowest BCUT2D eigenvalue weighted by molar-refractivity contribution is 0.104. The molecule has 5 heteroatoms. The summed E-state index contributed by atoms with van der Waals surface area (Å²) in [6.07, 6.45) is 2.15. The number of aryl methyl sites for hydroxylation is 2. The largest absolute Gasteiger partial charge is 0.381 e. The zero-order chi connectivity index (χ0) is 14.8. The summed E-state index contributed by atoms with van der Waals surface area (Å²) in [4.78, 5) is 5.34. The van der Waals surface area contributed by atoms with E-state index in [9.17, 15) is 0 Å². The van der Waals surface area contributed by atoms with Crippen molar-refractivity contribution in [3.8, 4) is 0 Å². The van der Waals surface area contributed by atoms with E-state index in [1.165, 1.54) is 21.0 Å². The van der Waals surface area contributed by atoms with Crippen LogP contribution in [-0.4, -0.2) is 34.4 Å². The topological polar surface area (TPSA) is 30.3 Å². The zero-order valence-electron chi connectivity index (χ0n) is 13.0. The molecule has 3 heterocycles. The van der Waals surface area contributed by atoms with Crippen LogP contribution in [0.15, 0.2) is 18.3 Å². The molecule has 1 aliphatic rings. The normalized spacial score (nSPS) is 18.9. The van der Waals surface area contributed by atoms with Crippen molar-refractivity contribution in [1.29, 1.82) is 0 Å². The van der Waals surface area contributed by atoms with E-state index in [0.717, 1.165) is 32.8 Å². The molecule has 1 aliphatic heterocycles. The number of thiophene rings is 1. The Morgan fingerprint density at radius 2 is 2.29 bits per heavy atom. The van der Waals surface area contributed by atoms with Gasteiger partial charge in [-0.3, -0.25) is 9.58 Å². The minimum absolute atomic E-state index is 0.385. The molecule has 21 heavy (non-hydrogen) atoms. The maximum atomic E-state index is 5.67. The number of fused-ring (bicyclic) bond motifs is 1. The van der Waals surface area contributed by atoms with Crippen LogP contribution in [0.3, 0.4) is 0 Å². The van der Waals surface area contributed by atoms with Crippen LogP contribution in [0.4, 0.5) is 0 Å². The van der Waals surface area contributed by atoms with Crippen LogP contribution in [0.25, 0.3) is 0 Å². The third-order valence-electron chi connectivity index (χ3n) is 3.89. The Morgan fingerprint density at radius 1 is 1.43 bits per heavy atom. The standard InChI is InChI=1S/C16H23N3OS/c1-4-20-11-14-9-19(10-15-6-5-12(2)21-15)8-13-7-18(3)17-16(13)14/h5-7,14H,4,8-11H2,1-3H3/t14-/m1/s1. The van der Waals surface area contributed by atoms with Gasteiger partial charge >= 0.3 is 0 Å². The molecule has 3 rings (SSSR count). The van der Waals surface area contributed by atoms with Crippen LogP contribution in [0.1, 0.15) is 33.9 Å². The average molecular weight is 305 g/mol. The van der Waals surface area contributed by atoms with E-state index in [1.807, 2.05) is 30.0 Å². The Morgan fingerprint density at radius 3 is 3.00 bits per heavy atom. The molecule has 0 amide bonds. The summed E-state index contributed by atoms with van der Waals surface area (Å²) < 4.78 is 7.60. The lowest BCUT2D eigenvalue weighted by Gasteiger charge is -2.31. The van der Waals surface area contributed by atoms with Crippen molar-refractivity contribution in [1.82, 2.24) is 14.7 Å². The average Bonchev–Trinajstić information content (AvgIpc) is 3.01. The Hall–Kier alpha value is -1.17. The van der Waals surface area contributed by atoms with Gasteiger partial charge in [0, 0.05) is 60.7 Å². The number of ether oxygens (including phenoxy) is 1. The smallest absolute Gasteiger partial charge is 0.0736 e. The van der Waals surface area contributed by atoms with Crippen LogP contribution in [0.5, 0.6) is 0 Å². The van der Waals surface area contributed by atoms with E-state index in [2.05, 4.69) is 35.3 Å². The highest BCUT2D eigenvalue weighted by molar-refractivity contribution is 7.11. The first-order valence-corrected chi connectivity index (χ1v) is 8.35. The van der Waals surface area contributed by atoms with Gasteiger partial charge in [0.1, 0.15) is 0 Å². The molecule has 2 aromatic heterocycles. The lowest BCUT2D eigenvalue weighted by Crippen LogP contribution is -2.34. The summed E-state index contributed by atoms with van der Waals surface area (Å²) in [7, 11) is 2.00. The number of hydrogen-bond acceptors (Lipinski definition) is 4. The molecule has 0 radical (unpaired) electrons. The number of rotatable bonds is 5. The molecule has 0 N–H and O–H groups in total. The maximum Gasteiger partial charge on any atom is 0.0736 e. The van der Waals surface area contributed by atoms with Gasteiger partial charge in [0.15, 0.2) is 0 Å². The second-order valence-corrected chi connectivity index (χ2v) is 7.12. The van der Waals surface area contributed by atoms with Gasteiger partial charge in [-0.1, -0.05) is 0 Å². The summed E-state index contributed by atoms with van der Waals surface area (Å²) in [5.74, 6) is 0.385. The highest BCUT2D eigenvalue weighted by Gasteiger charge is 2.28. The van der Waals surface area contributed by atoms with E-state index in [-0.39, 0.29) is 0 Å². The van der Waals surface area contributed by atoms with Crippen molar-refractivity contribution in [3.63, 3.8) is 0 Å². The van der Waals surface area contributed by atoms with Crippen molar-refractivity contribution in [2.75, 3.05) is 19.8 Å². The predicted molar refractivity (Wildman–Crippen MR) is 85.6 cm³/mol. The van der Waals surface area contributed by atoms with Crippen molar-refractivity contribution < 1.29 is 4.74 Å². The predicted octanol–water partition coefficient (Wildman–Crippen LogP) is 2.93. The molecule has 0 bridgehead atoms. The molecule has 0 aliphatic carbocycles. The number of hydrogen-bond donors (Lipinski definition) is 0. The van der Waals surface area contributed by atoms with Crippen LogP contribution >= 0.6 is 11.3 Å². The molecule has 2 aromatic rings. The van der Waals surface area contributed by atoms with E-state index in [0.29, 0.717) is 5.92 Å². The molecule has 0 saturated carbocycles. The third-order valence-corrected chi connectivity index (χ3v) is 4.88. The second-order valence-electron chi connectivity index (χ2n) is 5.75. The molecular weight excluding hydrogens is 282 g/mol. The van der Waals surface area contributed by atoms with Crippen molar-refractivity contribution in [2.45, 2.75) is 32.9 Å². The Labute approximate surface area is 130 Å². The van der Waals surface area contributed by atoms with Crippen LogP contribution in [0, 0.1) is 6.92 Å². The molecule has 0 fully saturated rings. The van der Waals surface area contributed by atoms with Crippen LogP contribution in [-0.2, 0) is 24.9 Å². The van der Waals surface area contributed by atoms with Crippen LogP contribution < -0.4 is 0 Å². The van der Waals surface area contributed by atoms with E-state index < -0.39 is 0 Å². The first-order chi connectivity index (χ1) is 10.2. The highest BCUT2D eigenvalue weighted by atomic mass is 32.1. The maximum absolute atomic E-state index is 5.67. The Balaban J connectivity index is 1.76. The van der Waals surface area contributed by atoms with Gasteiger partial charge in [-0.25, -0.2) is 0 Å². The van der Waals surface area contributed by atoms with Gasteiger partial charge in [0.25, 0.3) is 0 Å². The summed E-state index contributed by atoms with van der Waals surface area (Å²) >= 11 is 1.89. The van der Waals surface area contributed by atoms with Gasteiger partial charge in [-0.05, 0) is 26.0 Å². The first kappa shape index (κ1) is 14.8. The van der Waals surface area contributed by atoms with Crippen molar-refractivity contribution in [2.24, 2.45) is 7.05 Å². The molecule has 0 unspecified atom stereocenters. The van der Waals surface area contributed by atoms with Gasteiger partial charge in [-0.15, -0.1) is 11.3 Å². The molecule has 4 nitrogen and oxygen atoms in total. The fourth-order valence-electron chi connectivity index (χ4n) is 3.03. The van der Waals surface area contributed by atoms with E-state index in [4.69, 9.17) is 4.74 Å². The van der Waals surface area contributed by atoms with E-state index in [1.54, 1.807) is 0 Å². The Kier molecular flexibility index (Phi) is 4.42. The second kappa shape index (κ2) is 6.30. The van der Waals surface area contributed by atoms with Crippen LogP contribution in [0.2, 0.25) is 0 Å². The fourth-order valence-corrected chi connectivity index (χ4v) is 3.96. The third kappa shape index (κ3) is 3.36. The van der Waals surface area contributed by atoms with Gasteiger partial charge in [-0.2, -0.15) is 5.10 Å². The molecule has 0 spiro atoms. The molecule has 114 valence electrons. The molecular formula is C16H23N3OS.